The monoisotopic (exact) mass is 207 g/mol. The van der Waals surface area contributed by atoms with Crippen molar-refractivity contribution in [1.82, 2.24) is 5.43 Å². The van der Waals surface area contributed by atoms with Crippen molar-refractivity contribution in [2.45, 2.75) is 12.8 Å². The van der Waals surface area contributed by atoms with E-state index in [0.717, 1.165) is 6.42 Å². The first kappa shape index (κ1) is 9.89. The number of amides is 2. The SMILES string of the molecule is NC(=O)C(=O)NN=CC1CC2C=CC1C2. The van der Waals surface area contributed by atoms with Gasteiger partial charge in [-0.05, 0) is 24.7 Å². The molecule has 3 atom stereocenters. The van der Waals surface area contributed by atoms with Gasteiger partial charge in [-0.15, -0.1) is 0 Å². The quantitative estimate of drug-likeness (QED) is 0.284. The number of carbonyl (C=O) groups excluding carboxylic acids is 2. The van der Waals surface area contributed by atoms with E-state index in [0.29, 0.717) is 17.8 Å². The summed E-state index contributed by atoms with van der Waals surface area (Å²) in [6.45, 7) is 0. The molecule has 5 heteroatoms. The fourth-order valence-corrected chi connectivity index (χ4v) is 2.24. The van der Waals surface area contributed by atoms with Crippen LogP contribution < -0.4 is 11.2 Å². The van der Waals surface area contributed by atoms with Crippen molar-refractivity contribution in [1.29, 1.82) is 0 Å². The highest BCUT2D eigenvalue weighted by atomic mass is 16.2. The molecule has 2 bridgehead atoms. The predicted molar refractivity (Wildman–Crippen MR) is 54.7 cm³/mol. The molecule has 2 aliphatic carbocycles. The number of nitrogens with two attached hydrogens (primary N) is 1. The number of carbonyl (C=O) groups is 2. The Bertz CT molecular complexity index is 349. The number of primary amides is 1. The summed E-state index contributed by atoms with van der Waals surface area (Å²) in [6, 6.07) is 0. The number of nitrogens with zero attached hydrogens (tertiary/aromatic N) is 1. The van der Waals surface area contributed by atoms with E-state index in [2.05, 4.69) is 22.7 Å². The molecule has 2 rings (SSSR count). The van der Waals surface area contributed by atoms with Crippen LogP contribution in [-0.4, -0.2) is 18.0 Å². The van der Waals surface area contributed by atoms with Gasteiger partial charge in [0, 0.05) is 12.1 Å². The average molecular weight is 207 g/mol. The molecule has 2 amide bonds. The first-order valence-corrected chi connectivity index (χ1v) is 4.98. The molecule has 0 spiro atoms. The van der Waals surface area contributed by atoms with Gasteiger partial charge in [-0.3, -0.25) is 9.59 Å². The van der Waals surface area contributed by atoms with Gasteiger partial charge in [-0.25, -0.2) is 5.43 Å². The van der Waals surface area contributed by atoms with Crippen LogP contribution in [-0.2, 0) is 9.59 Å². The van der Waals surface area contributed by atoms with Crippen LogP contribution in [0.5, 0.6) is 0 Å². The summed E-state index contributed by atoms with van der Waals surface area (Å²) >= 11 is 0. The number of hydrogen-bond donors (Lipinski definition) is 2. The van der Waals surface area contributed by atoms with Crippen LogP contribution in [0, 0.1) is 17.8 Å². The number of hydrogen-bond acceptors (Lipinski definition) is 3. The van der Waals surface area contributed by atoms with Gasteiger partial charge in [-0.2, -0.15) is 5.10 Å². The topological polar surface area (TPSA) is 84.5 Å². The number of hydrazone groups is 1. The van der Waals surface area contributed by atoms with E-state index in [-0.39, 0.29) is 0 Å². The highest BCUT2D eigenvalue weighted by Crippen LogP contribution is 2.42. The zero-order valence-corrected chi connectivity index (χ0v) is 8.22. The molecule has 15 heavy (non-hydrogen) atoms. The molecule has 1 saturated carbocycles. The molecular formula is C10H13N3O2. The predicted octanol–water partition coefficient (Wildman–Crippen LogP) is -0.214. The van der Waals surface area contributed by atoms with Crippen molar-refractivity contribution in [3.05, 3.63) is 12.2 Å². The van der Waals surface area contributed by atoms with Crippen LogP contribution in [0.25, 0.3) is 0 Å². The lowest BCUT2D eigenvalue weighted by Gasteiger charge is -2.11. The van der Waals surface area contributed by atoms with Gasteiger partial charge in [0.05, 0.1) is 0 Å². The zero-order chi connectivity index (χ0) is 10.8. The van der Waals surface area contributed by atoms with Crippen molar-refractivity contribution in [2.24, 2.45) is 28.6 Å². The largest absolute Gasteiger partial charge is 0.361 e. The Kier molecular flexibility index (Phi) is 2.53. The van der Waals surface area contributed by atoms with Gasteiger partial charge in [-0.1, -0.05) is 12.2 Å². The van der Waals surface area contributed by atoms with Gasteiger partial charge >= 0.3 is 11.8 Å². The summed E-state index contributed by atoms with van der Waals surface area (Å²) in [7, 11) is 0. The van der Waals surface area contributed by atoms with E-state index in [9.17, 15) is 9.59 Å². The minimum absolute atomic E-state index is 0.383. The molecule has 3 N–H and O–H groups in total. The van der Waals surface area contributed by atoms with E-state index in [1.165, 1.54) is 6.42 Å². The summed E-state index contributed by atoms with van der Waals surface area (Å²) in [5.41, 5.74) is 6.86. The molecule has 0 heterocycles. The molecule has 0 aromatic carbocycles. The van der Waals surface area contributed by atoms with E-state index >= 15 is 0 Å². The number of allylic oxidation sites excluding steroid dienone is 2. The highest BCUT2D eigenvalue weighted by Gasteiger charge is 2.34. The summed E-state index contributed by atoms with van der Waals surface area (Å²) in [4.78, 5) is 21.1. The van der Waals surface area contributed by atoms with Gasteiger partial charge in [0.2, 0.25) is 0 Å². The second-order valence-electron chi connectivity index (χ2n) is 4.03. The average Bonchev–Trinajstić information content (AvgIpc) is 2.78. The van der Waals surface area contributed by atoms with Gasteiger partial charge in [0.1, 0.15) is 0 Å². The van der Waals surface area contributed by atoms with Crippen molar-refractivity contribution in [3.63, 3.8) is 0 Å². The zero-order valence-electron chi connectivity index (χ0n) is 8.22. The highest BCUT2D eigenvalue weighted by molar-refractivity contribution is 6.34. The summed E-state index contributed by atoms with van der Waals surface area (Å²) in [5, 5.41) is 3.73. The first-order valence-electron chi connectivity index (χ1n) is 4.98. The maximum absolute atomic E-state index is 10.8. The van der Waals surface area contributed by atoms with Crippen molar-refractivity contribution < 1.29 is 9.59 Å². The molecule has 0 aromatic rings. The molecule has 0 aliphatic heterocycles. The van der Waals surface area contributed by atoms with Crippen LogP contribution in [0.1, 0.15) is 12.8 Å². The van der Waals surface area contributed by atoms with Crippen molar-refractivity contribution in [3.8, 4) is 0 Å². The molecule has 3 unspecified atom stereocenters. The summed E-state index contributed by atoms with van der Waals surface area (Å²) in [6.07, 6.45) is 8.39. The lowest BCUT2D eigenvalue weighted by atomic mass is 9.95. The van der Waals surface area contributed by atoms with E-state index in [4.69, 9.17) is 5.73 Å². The van der Waals surface area contributed by atoms with Gasteiger partial charge < -0.3 is 5.73 Å². The standard InChI is InChI=1S/C10H13N3O2/c11-9(14)10(15)13-12-5-8-4-6-1-2-7(8)3-6/h1-2,5-8H,3-4H2,(H2,11,14)(H,13,15). The first-order chi connectivity index (χ1) is 7.16. The molecule has 2 aliphatic rings. The second-order valence-corrected chi connectivity index (χ2v) is 4.03. The molecule has 0 saturated heterocycles. The minimum Gasteiger partial charge on any atom is -0.361 e. The van der Waals surface area contributed by atoms with Crippen LogP contribution in [0.4, 0.5) is 0 Å². The number of rotatable bonds is 2. The van der Waals surface area contributed by atoms with Crippen LogP contribution in [0.3, 0.4) is 0 Å². The van der Waals surface area contributed by atoms with Gasteiger partial charge in [0.15, 0.2) is 0 Å². The van der Waals surface area contributed by atoms with Crippen LogP contribution in [0.2, 0.25) is 0 Å². The van der Waals surface area contributed by atoms with E-state index in [1.807, 2.05) is 0 Å². The third kappa shape index (κ3) is 2.06. The fourth-order valence-electron chi connectivity index (χ4n) is 2.24. The lowest BCUT2D eigenvalue weighted by Crippen LogP contribution is -2.33. The van der Waals surface area contributed by atoms with E-state index in [1.54, 1.807) is 6.21 Å². The third-order valence-electron chi connectivity index (χ3n) is 2.99. The Morgan fingerprint density at radius 2 is 2.20 bits per heavy atom. The van der Waals surface area contributed by atoms with Crippen molar-refractivity contribution >= 4 is 18.0 Å². The molecule has 1 fully saturated rings. The Balaban J connectivity index is 1.83. The second kappa shape index (κ2) is 3.84. The molecule has 0 aromatic heterocycles. The van der Waals surface area contributed by atoms with Crippen molar-refractivity contribution in [2.75, 3.05) is 0 Å². The fraction of sp³-hybridized carbons (Fsp3) is 0.500. The summed E-state index contributed by atoms with van der Waals surface area (Å²) in [5.74, 6) is -0.291. The Hall–Kier alpha value is -1.65. The number of fused-ring (bicyclic) bond motifs is 2. The maximum Gasteiger partial charge on any atom is 0.329 e. The molecular weight excluding hydrogens is 194 g/mol. The lowest BCUT2D eigenvalue weighted by molar-refractivity contribution is -0.137. The smallest absolute Gasteiger partial charge is 0.329 e. The normalized spacial score (nSPS) is 32.4. The van der Waals surface area contributed by atoms with Crippen LogP contribution in [0.15, 0.2) is 17.3 Å². The Morgan fingerprint density at radius 3 is 2.73 bits per heavy atom. The maximum atomic E-state index is 10.8. The molecule has 0 radical (unpaired) electrons. The molecule has 5 nitrogen and oxygen atoms in total. The Morgan fingerprint density at radius 1 is 1.40 bits per heavy atom. The molecule has 80 valence electrons. The van der Waals surface area contributed by atoms with E-state index < -0.39 is 11.8 Å². The van der Waals surface area contributed by atoms with Crippen LogP contribution >= 0.6 is 0 Å². The minimum atomic E-state index is -1.01. The summed E-state index contributed by atoms with van der Waals surface area (Å²) < 4.78 is 0. The number of nitrogens with one attached hydrogen (secondary N) is 1. The third-order valence-corrected chi connectivity index (χ3v) is 2.99. The van der Waals surface area contributed by atoms with Gasteiger partial charge in [0.25, 0.3) is 0 Å². The Labute approximate surface area is 87.4 Å².